The first kappa shape index (κ1) is 19.7. The first-order valence-corrected chi connectivity index (χ1v) is 9.28. The molecule has 132 valence electrons. The monoisotopic (exact) mass is 516 g/mol. The fraction of sp³-hybridized carbons (Fsp3) is 0.222. The van der Waals surface area contributed by atoms with Crippen molar-refractivity contribution in [3.05, 3.63) is 58.1 Å². The molecule has 0 saturated heterocycles. The summed E-state index contributed by atoms with van der Waals surface area (Å²) in [5, 5.41) is 2.90. The SMILES string of the molecule is COc1ccc(CCNC(=O)/C(=N\I)c2ccc(Br)cc2)cc1OC. The highest BCUT2D eigenvalue weighted by atomic mass is 127. The summed E-state index contributed by atoms with van der Waals surface area (Å²) in [7, 11) is 3.20. The van der Waals surface area contributed by atoms with Crippen molar-refractivity contribution >= 4 is 50.4 Å². The molecule has 7 heteroatoms. The summed E-state index contributed by atoms with van der Waals surface area (Å²) in [5.41, 5.74) is 2.23. The van der Waals surface area contributed by atoms with Crippen molar-refractivity contribution in [3.63, 3.8) is 0 Å². The minimum Gasteiger partial charge on any atom is -0.493 e. The standard InChI is InChI=1S/C18H18BrIN2O3/c1-24-15-8-3-12(11-16(15)25-2)9-10-21-18(23)17(22-20)13-4-6-14(19)7-5-13/h3-8,11H,9-10H2,1-2H3,(H,21,23)/b22-17-. The smallest absolute Gasteiger partial charge is 0.271 e. The molecule has 0 aliphatic carbocycles. The minimum absolute atomic E-state index is 0.197. The Morgan fingerprint density at radius 3 is 2.40 bits per heavy atom. The fourth-order valence-electron chi connectivity index (χ4n) is 2.27. The maximum absolute atomic E-state index is 12.4. The normalized spacial score (nSPS) is 11.1. The van der Waals surface area contributed by atoms with Gasteiger partial charge in [-0.05, 0) is 36.2 Å². The Hall–Kier alpha value is -1.61. The number of nitrogens with zero attached hydrogens (tertiary/aromatic N) is 1. The summed E-state index contributed by atoms with van der Waals surface area (Å²) in [4.78, 5) is 12.4. The van der Waals surface area contributed by atoms with Crippen LogP contribution in [0.15, 0.2) is 50.1 Å². The molecule has 5 nitrogen and oxygen atoms in total. The number of nitrogens with one attached hydrogen (secondary N) is 1. The molecular weight excluding hydrogens is 499 g/mol. The van der Waals surface area contributed by atoms with Crippen LogP contribution in [0, 0.1) is 0 Å². The lowest BCUT2D eigenvalue weighted by Gasteiger charge is -2.10. The van der Waals surface area contributed by atoms with Gasteiger partial charge in [-0.15, -0.1) is 0 Å². The number of carbonyl (C=O) groups is 1. The number of hydrogen-bond acceptors (Lipinski definition) is 4. The molecule has 1 amide bonds. The average Bonchev–Trinajstić information content (AvgIpc) is 2.63. The van der Waals surface area contributed by atoms with Crippen molar-refractivity contribution in [1.82, 2.24) is 5.32 Å². The summed E-state index contributed by atoms with van der Waals surface area (Å²) in [6.07, 6.45) is 0.682. The van der Waals surface area contributed by atoms with Crippen LogP contribution in [0.1, 0.15) is 11.1 Å². The lowest BCUT2D eigenvalue weighted by Crippen LogP contribution is -2.32. The molecule has 0 saturated carbocycles. The number of ether oxygens (including phenoxy) is 2. The number of benzene rings is 2. The molecule has 0 radical (unpaired) electrons. The molecule has 0 aliphatic heterocycles. The minimum atomic E-state index is -0.197. The molecule has 2 rings (SSSR count). The Morgan fingerprint density at radius 2 is 1.80 bits per heavy atom. The lowest BCUT2D eigenvalue weighted by atomic mass is 10.1. The van der Waals surface area contributed by atoms with E-state index in [-0.39, 0.29) is 5.91 Å². The molecule has 0 aliphatic rings. The van der Waals surface area contributed by atoms with Gasteiger partial charge >= 0.3 is 0 Å². The molecule has 0 bridgehead atoms. The number of halogens is 2. The Labute approximate surface area is 169 Å². The van der Waals surface area contributed by atoms with E-state index in [9.17, 15) is 4.79 Å². The van der Waals surface area contributed by atoms with E-state index in [1.807, 2.05) is 65.3 Å². The van der Waals surface area contributed by atoms with Crippen LogP contribution in [-0.2, 0) is 11.2 Å². The van der Waals surface area contributed by atoms with Gasteiger partial charge in [0, 0.05) is 16.6 Å². The third kappa shape index (κ3) is 5.43. The van der Waals surface area contributed by atoms with Crippen LogP contribution < -0.4 is 14.8 Å². The van der Waals surface area contributed by atoms with Gasteiger partial charge < -0.3 is 14.8 Å². The second-order valence-electron chi connectivity index (χ2n) is 5.14. The van der Waals surface area contributed by atoms with Crippen LogP contribution in [0.3, 0.4) is 0 Å². The van der Waals surface area contributed by atoms with Gasteiger partial charge in [-0.2, -0.15) is 0 Å². The first-order valence-electron chi connectivity index (χ1n) is 7.53. The predicted octanol–water partition coefficient (Wildman–Crippen LogP) is 3.96. The highest BCUT2D eigenvalue weighted by Gasteiger charge is 2.13. The predicted molar refractivity (Wildman–Crippen MR) is 111 cm³/mol. The zero-order chi connectivity index (χ0) is 18.2. The molecule has 25 heavy (non-hydrogen) atoms. The van der Waals surface area contributed by atoms with E-state index in [0.717, 1.165) is 15.6 Å². The van der Waals surface area contributed by atoms with Crippen LogP contribution in [0.2, 0.25) is 0 Å². The van der Waals surface area contributed by atoms with Crippen molar-refractivity contribution in [1.29, 1.82) is 0 Å². The highest BCUT2D eigenvalue weighted by molar-refractivity contribution is 14.1. The van der Waals surface area contributed by atoms with E-state index in [2.05, 4.69) is 24.5 Å². The van der Waals surface area contributed by atoms with E-state index >= 15 is 0 Å². The molecule has 0 unspecified atom stereocenters. The van der Waals surface area contributed by atoms with Crippen molar-refractivity contribution < 1.29 is 14.3 Å². The van der Waals surface area contributed by atoms with Gasteiger partial charge in [0.05, 0.1) is 37.1 Å². The highest BCUT2D eigenvalue weighted by Crippen LogP contribution is 2.27. The van der Waals surface area contributed by atoms with Crippen molar-refractivity contribution in [2.24, 2.45) is 3.21 Å². The summed E-state index contributed by atoms with van der Waals surface area (Å²) >= 11 is 5.22. The van der Waals surface area contributed by atoms with Gasteiger partial charge in [0.1, 0.15) is 5.71 Å². The van der Waals surface area contributed by atoms with Crippen LogP contribution in [0.5, 0.6) is 11.5 Å². The van der Waals surface area contributed by atoms with Crippen LogP contribution in [0.4, 0.5) is 0 Å². The molecule has 1 N–H and O–H groups in total. The Balaban J connectivity index is 1.96. The van der Waals surface area contributed by atoms with Gasteiger partial charge in [-0.1, -0.05) is 34.1 Å². The molecule has 2 aromatic rings. The quantitative estimate of drug-likeness (QED) is 0.447. The van der Waals surface area contributed by atoms with Crippen molar-refractivity contribution in [3.8, 4) is 11.5 Å². The average molecular weight is 517 g/mol. The van der Waals surface area contributed by atoms with Crippen LogP contribution in [-0.4, -0.2) is 32.4 Å². The van der Waals surface area contributed by atoms with Crippen molar-refractivity contribution in [2.45, 2.75) is 6.42 Å². The van der Waals surface area contributed by atoms with Gasteiger partial charge in [-0.3, -0.25) is 4.79 Å². The first-order chi connectivity index (χ1) is 12.1. The number of hydrogen-bond donors (Lipinski definition) is 1. The third-order valence-corrected chi connectivity index (χ3v) is 4.58. The molecule has 0 atom stereocenters. The second kappa shape index (κ2) is 9.76. The summed E-state index contributed by atoms with van der Waals surface area (Å²) in [6.45, 7) is 0.501. The van der Waals surface area contributed by atoms with Gasteiger partial charge in [0.15, 0.2) is 11.5 Å². The largest absolute Gasteiger partial charge is 0.493 e. The molecule has 0 fully saturated rings. The maximum atomic E-state index is 12.4. The Morgan fingerprint density at radius 1 is 1.12 bits per heavy atom. The zero-order valence-corrected chi connectivity index (χ0v) is 17.6. The number of methoxy groups -OCH3 is 2. The van der Waals surface area contributed by atoms with E-state index in [1.165, 1.54) is 0 Å². The fourth-order valence-corrected chi connectivity index (χ4v) is 3.03. The van der Waals surface area contributed by atoms with E-state index in [0.29, 0.717) is 30.2 Å². The topological polar surface area (TPSA) is 59.9 Å². The molecule has 2 aromatic carbocycles. The van der Waals surface area contributed by atoms with Crippen LogP contribution in [0.25, 0.3) is 0 Å². The Bertz CT molecular complexity index is 763. The number of amides is 1. The summed E-state index contributed by atoms with van der Waals surface area (Å²) in [5.74, 6) is 1.16. The van der Waals surface area contributed by atoms with E-state index in [4.69, 9.17) is 9.47 Å². The molecule has 0 heterocycles. The zero-order valence-electron chi connectivity index (χ0n) is 13.9. The van der Waals surface area contributed by atoms with E-state index < -0.39 is 0 Å². The second-order valence-corrected chi connectivity index (χ2v) is 6.53. The summed E-state index contributed by atoms with van der Waals surface area (Å²) < 4.78 is 15.6. The van der Waals surface area contributed by atoms with Crippen molar-refractivity contribution in [2.75, 3.05) is 20.8 Å². The maximum Gasteiger partial charge on any atom is 0.271 e. The molecule has 0 aromatic heterocycles. The molecular formula is C18H18BrIN2O3. The lowest BCUT2D eigenvalue weighted by molar-refractivity contribution is -0.114. The Kier molecular flexibility index (Phi) is 7.70. The van der Waals surface area contributed by atoms with Gasteiger partial charge in [-0.25, -0.2) is 3.21 Å². The third-order valence-electron chi connectivity index (χ3n) is 3.56. The van der Waals surface area contributed by atoms with E-state index in [1.54, 1.807) is 14.2 Å². The van der Waals surface area contributed by atoms with Gasteiger partial charge in [0.25, 0.3) is 5.91 Å². The number of rotatable bonds is 7. The number of carbonyl (C=O) groups excluding carboxylic acids is 1. The van der Waals surface area contributed by atoms with Gasteiger partial charge in [0.2, 0.25) is 0 Å². The summed E-state index contributed by atoms with van der Waals surface area (Å²) in [6, 6.07) is 13.2. The molecule has 0 spiro atoms. The van der Waals surface area contributed by atoms with Crippen LogP contribution >= 0.6 is 38.8 Å².